The number of thiazole rings is 1. The van der Waals surface area contributed by atoms with Crippen LogP contribution in [0.25, 0.3) is 0 Å². The maximum absolute atomic E-state index is 5.09. The molecule has 3 aliphatic rings. The van der Waals surface area contributed by atoms with Gasteiger partial charge in [-0.3, -0.25) is 0 Å². The van der Waals surface area contributed by atoms with Crippen LogP contribution < -0.4 is 5.32 Å². The van der Waals surface area contributed by atoms with E-state index in [-0.39, 0.29) is 11.0 Å². The zero-order valence-electron chi connectivity index (χ0n) is 12.9. The van der Waals surface area contributed by atoms with Gasteiger partial charge in [0.1, 0.15) is 5.01 Å². The lowest BCUT2D eigenvalue weighted by molar-refractivity contribution is 0.206. The number of fused-ring (bicyclic) bond motifs is 2. The van der Waals surface area contributed by atoms with Gasteiger partial charge >= 0.3 is 0 Å². The molecule has 2 nitrogen and oxygen atoms in total. The Labute approximate surface area is 126 Å². The van der Waals surface area contributed by atoms with E-state index in [1.54, 1.807) is 0 Å². The summed E-state index contributed by atoms with van der Waals surface area (Å²) in [6, 6.07) is 0.774. The first-order valence-electron chi connectivity index (χ1n) is 8.21. The molecule has 0 spiro atoms. The summed E-state index contributed by atoms with van der Waals surface area (Å²) in [5.41, 5.74) is 1.68. The van der Waals surface area contributed by atoms with Gasteiger partial charge in [-0.05, 0) is 43.9 Å². The van der Waals surface area contributed by atoms with E-state index in [0.717, 1.165) is 17.9 Å². The minimum atomic E-state index is 0.174. The van der Waals surface area contributed by atoms with Crippen molar-refractivity contribution in [2.24, 2.45) is 11.8 Å². The Morgan fingerprint density at radius 2 is 2.05 bits per heavy atom. The summed E-state index contributed by atoms with van der Waals surface area (Å²) in [5.74, 6) is 1.79. The third-order valence-electron chi connectivity index (χ3n) is 5.54. The van der Waals surface area contributed by atoms with Gasteiger partial charge in [0.25, 0.3) is 0 Å². The minimum absolute atomic E-state index is 0.174. The Bertz CT molecular complexity index is 511. The molecule has 1 heterocycles. The van der Waals surface area contributed by atoms with Crippen LogP contribution in [0.1, 0.15) is 70.0 Å². The highest BCUT2D eigenvalue weighted by molar-refractivity contribution is 7.09. The Morgan fingerprint density at radius 1 is 1.25 bits per heavy atom. The summed E-state index contributed by atoms with van der Waals surface area (Å²) in [6.07, 6.45) is 8.38. The number of nitrogens with one attached hydrogen (secondary N) is 1. The van der Waals surface area contributed by atoms with Gasteiger partial charge in [0.15, 0.2) is 0 Å². The zero-order valence-corrected chi connectivity index (χ0v) is 13.7. The number of nitrogens with zero attached hydrogens (tertiary/aromatic N) is 1. The maximum atomic E-state index is 5.09. The van der Waals surface area contributed by atoms with E-state index in [9.17, 15) is 0 Å². The van der Waals surface area contributed by atoms with Crippen molar-refractivity contribution in [3.63, 3.8) is 0 Å². The SMILES string of the molecule is CC(C)(C)c1csc(C2(NC3CC3)CC3CCC2C3)n1. The number of hydrogen-bond donors (Lipinski definition) is 1. The first-order chi connectivity index (χ1) is 9.47. The Hall–Kier alpha value is -0.410. The molecule has 1 N–H and O–H groups in total. The normalized spacial score (nSPS) is 36.8. The zero-order chi connectivity index (χ0) is 14.0. The number of aromatic nitrogens is 1. The van der Waals surface area contributed by atoms with Crippen molar-refractivity contribution >= 4 is 11.3 Å². The predicted molar refractivity (Wildman–Crippen MR) is 84.1 cm³/mol. The average molecular weight is 290 g/mol. The molecule has 2 bridgehead atoms. The topological polar surface area (TPSA) is 24.9 Å². The molecule has 3 unspecified atom stereocenters. The quantitative estimate of drug-likeness (QED) is 0.902. The third-order valence-corrected chi connectivity index (χ3v) is 6.56. The van der Waals surface area contributed by atoms with Gasteiger partial charge in [0.05, 0.1) is 11.2 Å². The van der Waals surface area contributed by atoms with Crippen LogP contribution in [0, 0.1) is 11.8 Å². The molecule has 3 atom stereocenters. The highest BCUT2D eigenvalue weighted by Crippen LogP contribution is 2.57. The number of rotatable bonds is 3. The van der Waals surface area contributed by atoms with Gasteiger partial charge in [0, 0.05) is 16.8 Å². The standard InChI is InChI=1S/C17H26N2S/c1-16(2,3)14-10-20-15(18-14)17(19-13-6-7-13)9-11-4-5-12(17)8-11/h10-13,19H,4-9H2,1-3H3. The fourth-order valence-electron chi connectivity index (χ4n) is 4.25. The van der Waals surface area contributed by atoms with Crippen molar-refractivity contribution in [2.45, 2.75) is 76.3 Å². The Kier molecular flexibility index (Phi) is 2.85. The van der Waals surface area contributed by atoms with Crippen molar-refractivity contribution < 1.29 is 0 Å². The first-order valence-corrected chi connectivity index (χ1v) is 9.09. The van der Waals surface area contributed by atoms with Gasteiger partial charge in [0.2, 0.25) is 0 Å². The first kappa shape index (κ1) is 13.3. The summed E-state index contributed by atoms with van der Waals surface area (Å²) < 4.78 is 0. The summed E-state index contributed by atoms with van der Waals surface area (Å²) in [7, 11) is 0. The van der Waals surface area contributed by atoms with E-state index in [2.05, 4.69) is 31.5 Å². The van der Waals surface area contributed by atoms with Crippen LogP contribution in [0.4, 0.5) is 0 Å². The van der Waals surface area contributed by atoms with Crippen molar-refractivity contribution in [3.05, 3.63) is 16.1 Å². The Morgan fingerprint density at radius 3 is 2.55 bits per heavy atom. The van der Waals surface area contributed by atoms with Crippen molar-refractivity contribution in [1.82, 2.24) is 10.3 Å². The summed E-state index contributed by atoms with van der Waals surface area (Å²) in [4.78, 5) is 5.09. The Balaban J connectivity index is 1.69. The van der Waals surface area contributed by atoms with Crippen LogP contribution in [0.15, 0.2) is 5.38 Å². The average Bonchev–Trinajstić information content (AvgIpc) is 2.86. The molecule has 1 aromatic heterocycles. The van der Waals surface area contributed by atoms with Gasteiger partial charge in [-0.25, -0.2) is 4.98 Å². The lowest BCUT2D eigenvalue weighted by Crippen LogP contribution is -2.47. The highest BCUT2D eigenvalue weighted by Gasteiger charge is 2.55. The third kappa shape index (κ3) is 2.05. The summed E-state index contributed by atoms with van der Waals surface area (Å²) in [5, 5.41) is 7.72. The van der Waals surface area contributed by atoms with Crippen molar-refractivity contribution in [1.29, 1.82) is 0 Å². The van der Waals surface area contributed by atoms with Gasteiger partial charge in [-0.2, -0.15) is 0 Å². The van der Waals surface area contributed by atoms with Crippen LogP contribution in [0.5, 0.6) is 0 Å². The van der Waals surface area contributed by atoms with Crippen molar-refractivity contribution in [2.75, 3.05) is 0 Å². The second-order valence-corrected chi connectivity index (χ2v) is 9.12. The van der Waals surface area contributed by atoms with Crippen LogP contribution in [-0.4, -0.2) is 11.0 Å². The second-order valence-electron chi connectivity index (χ2n) is 8.26. The molecule has 20 heavy (non-hydrogen) atoms. The van der Waals surface area contributed by atoms with E-state index in [4.69, 9.17) is 4.98 Å². The second kappa shape index (κ2) is 4.30. The lowest BCUT2D eigenvalue weighted by atomic mass is 9.81. The van der Waals surface area contributed by atoms with Gasteiger partial charge in [-0.1, -0.05) is 27.2 Å². The molecular weight excluding hydrogens is 264 g/mol. The summed E-state index contributed by atoms with van der Waals surface area (Å²) >= 11 is 1.91. The molecule has 0 aliphatic heterocycles. The number of hydrogen-bond acceptors (Lipinski definition) is 3. The molecule has 0 radical (unpaired) electrons. The van der Waals surface area contributed by atoms with Gasteiger partial charge in [-0.15, -0.1) is 11.3 Å². The monoisotopic (exact) mass is 290 g/mol. The minimum Gasteiger partial charge on any atom is -0.302 e. The van der Waals surface area contributed by atoms with E-state index >= 15 is 0 Å². The van der Waals surface area contributed by atoms with E-state index in [1.807, 2.05) is 11.3 Å². The molecular formula is C17H26N2S. The molecule has 1 aromatic rings. The van der Waals surface area contributed by atoms with E-state index in [0.29, 0.717) is 0 Å². The molecule has 0 aromatic carbocycles. The van der Waals surface area contributed by atoms with Crippen molar-refractivity contribution in [3.8, 4) is 0 Å². The lowest BCUT2D eigenvalue weighted by Gasteiger charge is -2.37. The molecule has 110 valence electrons. The molecule has 0 amide bonds. The maximum Gasteiger partial charge on any atom is 0.113 e. The molecule has 0 saturated heterocycles. The van der Waals surface area contributed by atoms with Crippen LogP contribution >= 0.6 is 11.3 Å². The van der Waals surface area contributed by atoms with Crippen LogP contribution in [0.3, 0.4) is 0 Å². The molecule has 3 saturated carbocycles. The van der Waals surface area contributed by atoms with Crippen LogP contribution in [0.2, 0.25) is 0 Å². The largest absolute Gasteiger partial charge is 0.302 e. The predicted octanol–water partition coefficient (Wildman–Crippen LogP) is 4.21. The molecule has 3 heteroatoms. The smallest absolute Gasteiger partial charge is 0.113 e. The molecule has 4 rings (SSSR count). The fourth-order valence-corrected chi connectivity index (χ4v) is 5.55. The molecule has 3 aliphatic carbocycles. The molecule has 3 fully saturated rings. The van der Waals surface area contributed by atoms with E-state index in [1.165, 1.54) is 49.2 Å². The fraction of sp³-hybridized carbons (Fsp3) is 0.824. The highest BCUT2D eigenvalue weighted by atomic mass is 32.1. The van der Waals surface area contributed by atoms with Gasteiger partial charge < -0.3 is 5.32 Å². The van der Waals surface area contributed by atoms with Crippen LogP contribution in [-0.2, 0) is 11.0 Å². The summed E-state index contributed by atoms with van der Waals surface area (Å²) in [6.45, 7) is 6.81. The van der Waals surface area contributed by atoms with E-state index < -0.39 is 0 Å².